The number of pyridine rings is 1. The average Bonchev–Trinajstić information content (AvgIpc) is 3.93. The molecule has 5 rings (SSSR count). The van der Waals surface area contributed by atoms with Crippen molar-refractivity contribution < 1.29 is 41.4 Å². The summed E-state index contributed by atoms with van der Waals surface area (Å²) in [5.74, 6) is -1.04. The molecule has 1 aromatic heterocycles. The number of alkyl halides is 2. The fourth-order valence-electron chi connectivity index (χ4n) is 5.58. The van der Waals surface area contributed by atoms with Gasteiger partial charge in [0, 0.05) is 46.9 Å². The van der Waals surface area contributed by atoms with E-state index in [0.717, 1.165) is 12.8 Å². The fourth-order valence-corrected chi connectivity index (χ4v) is 6.10. The Balaban J connectivity index is 0.000000717. The highest BCUT2D eigenvalue weighted by Crippen LogP contribution is 2.46. The number of rotatable bonds is 11. The van der Waals surface area contributed by atoms with E-state index in [9.17, 15) is 31.9 Å². The molecule has 1 unspecified atom stereocenters. The van der Waals surface area contributed by atoms with Crippen LogP contribution in [-0.4, -0.2) is 72.3 Å². The lowest BCUT2D eigenvalue weighted by Crippen LogP contribution is -2.54. The number of ketones is 1. The summed E-state index contributed by atoms with van der Waals surface area (Å²) in [4.78, 5) is 45.9. The van der Waals surface area contributed by atoms with Gasteiger partial charge in [-0.1, -0.05) is 57.8 Å². The van der Waals surface area contributed by atoms with Crippen molar-refractivity contribution in [3.63, 3.8) is 0 Å². The van der Waals surface area contributed by atoms with Crippen molar-refractivity contribution in [1.29, 1.82) is 0 Å². The van der Waals surface area contributed by atoms with Gasteiger partial charge in [-0.2, -0.15) is 8.78 Å². The number of ether oxygens (including phenoxy) is 2. The lowest BCUT2D eigenvalue weighted by molar-refractivity contribution is -0.144. The quantitative estimate of drug-likeness (QED) is 0.264. The minimum Gasteiger partial charge on any atom is -0.772 e. The van der Waals surface area contributed by atoms with Gasteiger partial charge < -0.3 is 24.2 Å². The van der Waals surface area contributed by atoms with Crippen molar-refractivity contribution in [2.75, 3.05) is 6.54 Å². The first-order valence-electron chi connectivity index (χ1n) is 15.5. The van der Waals surface area contributed by atoms with Crippen LogP contribution < -0.4 is 14.8 Å². The van der Waals surface area contributed by atoms with Gasteiger partial charge in [0.05, 0.1) is 6.54 Å². The van der Waals surface area contributed by atoms with Gasteiger partial charge in [0.25, 0.3) is 0 Å². The standard InChI is InChI=1S/C30H37F2N3O5.C3H6O2S/c1-7-18-15-30(18,24(36)8-2)34-25(37)22-14-19(16-35(22)27(38)17(3)29(4,5)6)39-26-21-10-9-11-23(40-28(31)32)20(21)12-13-33-26;4-6(5)3-1-2-3/h7,9-13,17-19,22,28H,1,8,14-16H2,2-6H3,(H,34,37);3H,1-2H2,(H,4,5)/p-1/t17-,18-,19-,22+,30-;/m1./s1. The Morgan fingerprint density at radius 2 is 1.93 bits per heavy atom. The Kier molecular flexibility index (Phi) is 10.9. The summed E-state index contributed by atoms with van der Waals surface area (Å²) in [5.41, 5.74) is -1.34. The molecule has 2 saturated carbocycles. The van der Waals surface area contributed by atoms with E-state index in [2.05, 4.69) is 21.6 Å². The second kappa shape index (κ2) is 14.1. The maximum atomic E-state index is 13.7. The van der Waals surface area contributed by atoms with Crippen molar-refractivity contribution in [2.45, 2.75) is 96.3 Å². The molecule has 0 bridgehead atoms. The molecule has 10 nitrogen and oxygen atoms in total. The molecule has 252 valence electrons. The average molecular weight is 663 g/mol. The van der Waals surface area contributed by atoms with Gasteiger partial charge in [-0.25, -0.2) is 4.98 Å². The van der Waals surface area contributed by atoms with Crippen molar-refractivity contribution in [3.8, 4) is 11.6 Å². The Morgan fingerprint density at radius 1 is 1.24 bits per heavy atom. The number of halogens is 2. The lowest BCUT2D eigenvalue weighted by Gasteiger charge is -2.33. The minimum atomic E-state index is -2.99. The third kappa shape index (κ3) is 7.91. The molecule has 2 aliphatic carbocycles. The van der Waals surface area contributed by atoms with Crippen molar-refractivity contribution in [1.82, 2.24) is 15.2 Å². The highest BCUT2D eigenvalue weighted by Gasteiger charge is 2.59. The molecule has 2 amide bonds. The summed E-state index contributed by atoms with van der Waals surface area (Å²) >= 11 is -1.76. The van der Waals surface area contributed by atoms with Crippen LogP contribution in [0, 0.1) is 17.3 Å². The zero-order valence-electron chi connectivity index (χ0n) is 26.8. The number of benzene rings is 1. The number of likely N-dealkylation sites (tertiary alicyclic amines) is 1. The number of carbonyl (C=O) groups is 3. The summed E-state index contributed by atoms with van der Waals surface area (Å²) in [5, 5.41) is 3.84. The highest BCUT2D eigenvalue weighted by atomic mass is 32.2. The van der Waals surface area contributed by atoms with Crippen molar-refractivity contribution >= 4 is 39.5 Å². The molecule has 1 saturated heterocycles. The van der Waals surface area contributed by atoms with Crippen LogP contribution in [0.4, 0.5) is 8.78 Å². The summed E-state index contributed by atoms with van der Waals surface area (Å²) < 4.78 is 56.3. The van der Waals surface area contributed by atoms with Crippen LogP contribution in [0.2, 0.25) is 0 Å². The molecule has 0 spiro atoms. The number of hydrogen-bond donors (Lipinski definition) is 1. The zero-order chi connectivity index (χ0) is 34.0. The van der Waals surface area contributed by atoms with Gasteiger partial charge in [-0.3, -0.25) is 18.6 Å². The van der Waals surface area contributed by atoms with E-state index in [1.54, 1.807) is 31.2 Å². The smallest absolute Gasteiger partial charge is 0.387 e. The predicted octanol–water partition coefficient (Wildman–Crippen LogP) is 4.93. The number of nitrogens with zero attached hydrogens (tertiary/aromatic N) is 2. The van der Waals surface area contributed by atoms with Gasteiger partial charge in [0.2, 0.25) is 17.7 Å². The number of fused-ring (bicyclic) bond motifs is 1. The molecular weight excluding hydrogens is 620 g/mol. The van der Waals surface area contributed by atoms with Gasteiger partial charge in [-0.15, -0.1) is 6.58 Å². The second-order valence-electron chi connectivity index (χ2n) is 13.2. The number of carbonyl (C=O) groups excluding carboxylic acids is 3. The first kappa shape index (κ1) is 35.4. The third-order valence-corrected chi connectivity index (χ3v) is 10.0. The molecule has 2 heterocycles. The van der Waals surface area contributed by atoms with E-state index in [0.29, 0.717) is 17.2 Å². The molecule has 46 heavy (non-hydrogen) atoms. The number of aromatic nitrogens is 1. The molecule has 1 N–H and O–H groups in total. The fraction of sp³-hybridized carbons (Fsp3) is 0.576. The van der Waals surface area contributed by atoms with Crippen LogP contribution in [0.5, 0.6) is 11.6 Å². The third-order valence-electron chi connectivity index (χ3n) is 9.00. The normalized spacial score (nSPS) is 25.2. The lowest BCUT2D eigenvalue weighted by atomic mass is 9.81. The Labute approximate surface area is 270 Å². The molecule has 1 aliphatic heterocycles. The SMILES string of the molecule is C=C[C@@H]1C[C@]1(NC(=O)[C@@H]1C[C@@H](Oc2nccc3c(OC(F)F)cccc23)CN1C(=O)[C@@H](C)C(C)(C)C)C(=O)CC.O=S([O-])C1CC1. The van der Waals surface area contributed by atoms with E-state index in [1.165, 1.54) is 17.2 Å². The van der Waals surface area contributed by atoms with Crippen LogP contribution in [0.15, 0.2) is 43.1 Å². The number of nitrogens with one attached hydrogen (secondary N) is 1. The molecule has 3 fully saturated rings. The van der Waals surface area contributed by atoms with Crippen molar-refractivity contribution in [3.05, 3.63) is 43.1 Å². The van der Waals surface area contributed by atoms with Crippen LogP contribution in [0.3, 0.4) is 0 Å². The molecule has 13 heteroatoms. The van der Waals surface area contributed by atoms with Gasteiger partial charge in [0.15, 0.2) is 5.78 Å². The molecule has 0 radical (unpaired) electrons. The summed E-state index contributed by atoms with van der Waals surface area (Å²) in [7, 11) is 0. The Bertz CT molecular complexity index is 1500. The largest absolute Gasteiger partial charge is 0.772 e. The summed E-state index contributed by atoms with van der Waals surface area (Å²) in [6, 6.07) is 5.38. The number of hydrogen-bond acceptors (Lipinski definition) is 8. The van der Waals surface area contributed by atoms with E-state index < -0.39 is 41.3 Å². The zero-order valence-corrected chi connectivity index (χ0v) is 27.6. The van der Waals surface area contributed by atoms with E-state index in [4.69, 9.17) is 4.74 Å². The second-order valence-corrected chi connectivity index (χ2v) is 14.3. The van der Waals surface area contributed by atoms with Crippen LogP contribution >= 0.6 is 0 Å². The maximum Gasteiger partial charge on any atom is 0.387 e. The monoisotopic (exact) mass is 662 g/mol. The predicted molar refractivity (Wildman–Crippen MR) is 168 cm³/mol. The maximum absolute atomic E-state index is 13.7. The first-order valence-corrected chi connectivity index (χ1v) is 16.6. The molecule has 6 atom stereocenters. The van der Waals surface area contributed by atoms with Crippen LogP contribution in [-0.2, 0) is 25.5 Å². The highest BCUT2D eigenvalue weighted by molar-refractivity contribution is 7.80. The van der Waals surface area contributed by atoms with Gasteiger partial charge in [-0.05, 0) is 42.9 Å². The minimum absolute atomic E-state index is 0.00803. The summed E-state index contributed by atoms with van der Waals surface area (Å²) in [6.07, 6.45) is 5.21. The molecule has 1 aromatic carbocycles. The van der Waals surface area contributed by atoms with Gasteiger partial charge in [0.1, 0.15) is 23.4 Å². The van der Waals surface area contributed by atoms with E-state index in [-0.39, 0.29) is 65.2 Å². The number of Topliss-reactive ketones (excluding diaryl/α,β-unsaturated/α-hetero) is 1. The molecule has 2 aromatic rings. The van der Waals surface area contributed by atoms with Crippen molar-refractivity contribution in [2.24, 2.45) is 17.3 Å². The van der Waals surface area contributed by atoms with Gasteiger partial charge >= 0.3 is 6.61 Å². The van der Waals surface area contributed by atoms with Crippen LogP contribution in [0.25, 0.3) is 10.8 Å². The Morgan fingerprint density at radius 3 is 2.46 bits per heavy atom. The molecular formula is C33H42F2N3O7S-. The topological polar surface area (TPSA) is 138 Å². The first-order chi connectivity index (χ1) is 21.6. The van der Waals surface area contributed by atoms with E-state index in [1.807, 2.05) is 27.7 Å². The van der Waals surface area contributed by atoms with E-state index >= 15 is 0 Å². The molecule has 3 aliphatic rings. The van der Waals surface area contributed by atoms with Crippen LogP contribution in [0.1, 0.15) is 66.7 Å². The Hall–Kier alpha value is -3.45. The summed E-state index contributed by atoms with van der Waals surface area (Å²) in [6.45, 7) is 10.4. The number of amides is 2.